The summed E-state index contributed by atoms with van der Waals surface area (Å²) in [6.07, 6.45) is 5.24. The van der Waals surface area contributed by atoms with Crippen molar-refractivity contribution in [3.63, 3.8) is 0 Å². The van der Waals surface area contributed by atoms with Crippen LogP contribution >= 0.6 is 11.3 Å². The first-order valence-corrected chi connectivity index (χ1v) is 13.8. The minimum Gasteiger partial charge on any atom is -0.338 e. The van der Waals surface area contributed by atoms with Crippen molar-refractivity contribution in [2.75, 3.05) is 31.1 Å². The van der Waals surface area contributed by atoms with Crippen LogP contribution in [0.5, 0.6) is 0 Å². The average Bonchev–Trinajstić information content (AvgIpc) is 3.54. The summed E-state index contributed by atoms with van der Waals surface area (Å²) in [6.45, 7) is 6.09. The third-order valence-corrected chi connectivity index (χ3v) is 9.03. The molecule has 0 N–H and O–H groups in total. The third-order valence-electron chi connectivity index (χ3n) is 7.84. The second-order valence-electron chi connectivity index (χ2n) is 10.2. The van der Waals surface area contributed by atoms with Crippen LogP contribution in [0.25, 0.3) is 15.9 Å². The van der Waals surface area contributed by atoms with Crippen molar-refractivity contribution in [1.82, 2.24) is 24.5 Å². The predicted molar refractivity (Wildman–Crippen MR) is 146 cm³/mol. The molecule has 36 heavy (non-hydrogen) atoms. The molecule has 0 radical (unpaired) electrons. The molecule has 5 aromatic rings. The Morgan fingerprint density at radius 3 is 2.31 bits per heavy atom. The molecule has 2 aliphatic rings. The lowest BCUT2D eigenvalue weighted by Gasteiger charge is -2.40. The zero-order chi connectivity index (χ0) is 24.1. The standard InChI is InChI=1S/C29H30N6S/c1-20-12-13-24-23(18-20)25-27-30-19-31-35(27)29(32-28(25)36-24)34-16-14-33(15-17-34)26(21-8-4-2-5-9-21)22-10-6-3-7-11-22/h2-11,19-20,26H,12-18H2,1H3/t20-/m0/s1. The molecule has 0 amide bonds. The molecule has 6 nitrogen and oxygen atoms in total. The molecule has 4 heterocycles. The Morgan fingerprint density at radius 2 is 1.61 bits per heavy atom. The number of rotatable bonds is 4. The van der Waals surface area contributed by atoms with E-state index < -0.39 is 0 Å². The number of nitrogens with zero attached hydrogens (tertiary/aromatic N) is 6. The highest BCUT2D eigenvalue weighted by atomic mass is 32.1. The van der Waals surface area contributed by atoms with Gasteiger partial charge in [-0.05, 0) is 41.9 Å². The first-order chi connectivity index (χ1) is 17.8. The van der Waals surface area contributed by atoms with Crippen molar-refractivity contribution >= 4 is 33.1 Å². The zero-order valence-electron chi connectivity index (χ0n) is 20.5. The van der Waals surface area contributed by atoms with Gasteiger partial charge in [-0.15, -0.1) is 11.3 Å². The Balaban J connectivity index is 1.21. The smallest absolute Gasteiger partial charge is 0.230 e. The quantitative estimate of drug-likeness (QED) is 0.336. The second kappa shape index (κ2) is 8.98. The lowest BCUT2D eigenvalue weighted by Crippen LogP contribution is -2.48. The maximum atomic E-state index is 5.20. The number of fused-ring (bicyclic) bond motifs is 5. The summed E-state index contributed by atoms with van der Waals surface area (Å²) >= 11 is 1.87. The SMILES string of the molecule is C[C@H]1CCc2sc3nc(N4CCN(C(c5ccccc5)c5ccccc5)CC4)n4ncnc4c3c2C1. The van der Waals surface area contributed by atoms with Crippen LogP contribution in [0, 0.1) is 5.92 Å². The van der Waals surface area contributed by atoms with Crippen molar-refractivity contribution < 1.29 is 0 Å². The fourth-order valence-corrected chi connectivity index (χ4v) is 7.22. The number of anilines is 1. The summed E-state index contributed by atoms with van der Waals surface area (Å²) in [7, 11) is 0. The molecular formula is C29H30N6S. The summed E-state index contributed by atoms with van der Waals surface area (Å²) in [5, 5.41) is 5.86. The average molecular weight is 495 g/mol. The number of aryl methyl sites for hydroxylation is 1. The lowest BCUT2D eigenvalue weighted by atomic mass is 9.89. The first-order valence-electron chi connectivity index (χ1n) is 13.0. The van der Waals surface area contributed by atoms with Crippen LogP contribution in [0.1, 0.15) is 41.0 Å². The molecule has 3 aromatic heterocycles. The number of thiophene rings is 1. The van der Waals surface area contributed by atoms with Gasteiger partial charge in [0.1, 0.15) is 11.2 Å². The normalized spacial score (nSPS) is 18.8. The van der Waals surface area contributed by atoms with Crippen LogP contribution in [-0.4, -0.2) is 50.7 Å². The summed E-state index contributed by atoms with van der Waals surface area (Å²) < 4.78 is 1.98. The molecule has 1 fully saturated rings. The number of aromatic nitrogens is 4. The van der Waals surface area contributed by atoms with Crippen molar-refractivity contribution in [1.29, 1.82) is 0 Å². The number of hydrogen-bond acceptors (Lipinski definition) is 6. The van der Waals surface area contributed by atoms with Crippen LogP contribution in [0.15, 0.2) is 67.0 Å². The molecule has 1 aliphatic carbocycles. The van der Waals surface area contributed by atoms with Crippen molar-refractivity contribution in [2.45, 2.75) is 32.2 Å². The van der Waals surface area contributed by atoms with E-state index >= 15 is 0 Å². The van der Waals surface area contributed by atoms with Gasteiger partial charge in [0.15, 0.2) is 5.65 Å². The summed E-state index contributed by atoms with van der Waals surface area (Å²) in [4.78, 5) is 17.5. The molecule has 2 aromatic carbocycles. The zero-order valence-corrected chi connectivity index (χ0v) is 21.4. The monoisotopic (exact) mass is 494 g/mol. The van der Waals surface area contributed by atoms with Gasteiger partial charge in [0.2, 0.25) is 5.95 Å². The van der Waals surface area contributed by atoms with Crippen LogP contribution in [0.2, 0.25) is 0 Å². The molecule has 0 bridgehead atoms. The fraction of sp³-hybridized carbons (Fsp3) is 0.345. The van der Waals surface area contributed by atoms with Crippen molar-refractivity contribution in [3.05, 3.63) is 88.6 Å². The van der Waals surface area contributed by atoms with Crippen LogP contribution in [0.3, 0.4) is 0 Å². The van der Waals surface area contributed by atoms with E-state index in [4.69, 9.17) is 9.97 Å². The van der Waals surface area contributed by atoms with Gasteiger partial charge in [-0.25, -0.2) is 9.97 Å². The van der Waals surface area contributed by atoms with Crippen LogP contribution in [0.4, 0.5) is 5.95 Å². The maximum Gasteiger partial charge on any atom is 0.230 e. The largest absolute Gasteiger partial charge is 0.338 e. The van der Waals surface area contributed by atoms with Crippen molar-refractivity contribution in [3.8, 4) is 0 Å². The molecule has 0 unspecified atom stereocenters. The minimum atomic E-state index is 0.252. The molecule has 1 aliphatic heterocycles. The van der Waals surface area contributed by atoms with Crippen LogP contribution < -0.4 is 4.90 Å². The predicted octanol–water partition coefficient (Wildman–Crippen LogP) is 5.38. The van der Waals surface area contributed by atoms with Gasteiger partial charge in [0.25, 0.3) is 0 Å². The van der Waals surface area contributed by atoms with E-state index in [0.717, 1.165) is 55.4 Å². The lowest BCUT2D eigenvalue weighted by molar-refractivity contribution is 0.211. The fourth-order valence-electron chi connectivity index (χ4n) is 6.02. The third kappa shape index (κ3) is 3.69. The second-order valence-corrected chi connectivity index (χ2v) is 11.3. The Morgan fingerprint density at radius 1 is 0.917 bits per heavy atom. The molecule has 0 saturated carbocycles. The highest BCUT2D eigenvalue weighted by molar-refractivity contribution is 7.19. The maximum absolute atomic E-state index is 5.20. The van der Waals surface area contributed by atoms with E-state index in [-0.39, 0.29) is 6.04 Å². The van der Waals surface area contributed by atoms with Gasteiger partial charge < -0.3 is 4.90 Å². The van der Waals surface area contributed by atoms with E-state index in [9.17, 15) is 0 Å². The Hall–Kier alpha value is -3.29. The highest BCUT2D eigenvalue weighted by Crippen LogP contribution is 2.40. The number of piperazine rings is 1. The van der Waals surface area contributed by atoms with E-state index in [1.54, 1.807) is 6.33 Å². The van der Waals surface area contributed by atoms with E-state index in [1.807, 2.05) is 15.9 Å². The van der Waals surface area contributed by atoms with Gasteiger partial charge in [-0.1, -0.05) is 67.6 Å². The summed E-state index contributed by atoms with van der Waals surface area (Å²) in [5.41, 5.74) is 5.11. The van der Waals surface area contributed by atoms with Crippen LogP contribution in [-0.2, 0) is 12.8 Å². The first kappa shape index (κ1) is 21.9. The van der Waals surface area contributed by atoms with E-state index in [0.29, 0.717) is 5.92 Å². The Bertz CT molecular complexity index is 1460. The van der Waals surface area contributed by atoms with Gasteiger partial charge >= 0.3 is 0 Å². The molecule has 1 atom stereocenters. The Labute approximate surface area is 215 Å². The topological polar surface area (TPSA) is 49.6 Å². The number of hydrogen-bond donors (Lipinski definition) is 0. The molecular weight excluding hydrogens is 464 g/mol. The van der Waals surface area contributed by atoms with Crippen molar-refractivity contribution in [2.24, 2.45) is 5.92 Å². The van der Waals surface area contributed by atoms with Gasteiger partial charge in [-0.2, -0.15) is 9.61 Å². The van der Waals surface area contributed by atoms with Gasteiger partial charge in [0, 0.05) is 31.1 Å². The van der Waals surface area contributed by atoms with Gasteiger partial charge in [0.05, 0.1) is 11.4 Å². The van der Waals surface area contributed by atoms with E-state index in [1.165, 1.54) is 33.4 Å². The molecule has 1 saturated heterocycles. The summed E-state index contributed by atoms with van der Waals surface area (Å²) in [5.74, 6) is 1.64. The summed E-state index contributed by atoms with van der Waals surface area (Å²) in [6, 6.07) is 22.0. The molecule has 7 rings (SSSR count). The highest BCUT2D eigenvalue weighted by Gasteiger charge is 2.30. The number of benzene rings is 2. The molecule has 182 valence electrons. The van der Waals surface area contributed by atoms with Gasteiger partial charge in [-0.3, -0.25) is 4.90 Å². The van der Waals surface area contributed by atoms with E-state index in [2.05, 4.69) is 82.5 Å². The minimum absolute atomic E-state index is 0.252. The Kier molecular flexibility index (Phi) is 5.47. The molecule has 7 heteroatoms. The molecule has 0 spiro atoms.